The van der Waals surface area contributed by atoms with E-state index >= 15 is 0 Å². The first kappa shape index (κ1) is 23.7. The molecule has 2 aromatic carbocycles. The van der Waals surface area contributed by atoms with Gasteiger partial charge in [0.15, 0.2) is 0 Å². The van der Waals surface area contributed by atoms with E-state index in [1.54, 1.807) is 49.6 Å². The molecule has 0 atom stereocenters. The van der Waals surface area contributed by atoms with Gasteiger partial charge in [0.1, 0.15) is 18.4 Å². The number of carbonyl (C=O) groups excluding carboxylic acids is 3. The molecule has 0 aliphatic carbocycles. The molecule has 2 amide bonds. The van der Waals surface area contributed by atoms with Gasteiger partial charge >= 0.3 is 5.97 Å². The van der Waals surface area contributed by atoms with Crippen molar-refractivity contribution in [3.05, 3.63) is 88.5 Å². The molecule has 176 valence electrons. The lowest BCUT2D eigenvalue weighted by atomic mass is 9.98. The van der Waals surface area contributed by atoms with Crippen LogP contribution >= 0.6 is 11.6 Å². The maximum absolute atomic E-state index is 12.7. The number of imide groups is 1. The number of benzene rings is 2. The molecule has 3 aromatic rings. The van der Waals surface area contributed by atoms with Gasteiger partial charge in [-0.15, -0.1) is 0 Å². The topological polar surface area (TPSA) is 72.5 Å². The van der Waals surface area contributed by atoms with Crippen molar-refractivity contribution in [3.63, 3.8) is 0 Å². The Morgan fingerprint density at radius 3 is 2.21 bits per heavy atom. The fourth-order valence-corrected chi connectivity index (χ4v) is 3.90. The zero-order valence-corrected chi connectivity index (χ0v) is 20.2. The van der Waals surface area contributed by atoms with Crippen LogP contribution in [0.4, 0.5) is 0 Å². The van der Waals surface area contributed by atoms with Gasteiger partial charge in [-0.2, -0.15) is 0 Å². The Bertz CT molecular complexity index is 1210. The highest BCUT2D eigenvalue weighted by Crippen LogP contribution is 2.23. The average molecular weight is 481 g/mol. The molecule has 0 saturated carbocycles. The molecule has 0 fully saturated rings. The van der Waals surface area contributed by atoms with Gasteiger partial charge < -0.3 is 4.74 Å². The van der Waals surface area contributed by atoms with Crippen molar-refractivity contribution in [2.75, 3.05) is 6.54 Å². The third kappa shape index (κ3) is 5.04. The van der Waals surface area contributed by atoms with Crippen molar-refractivity contribution in [3.8, 4) is 0 Å². The molecule has 0 bridgehead atoms. The Labute approximate surface area is 203 Å². The van der Waals surface area contributed by atoms with Crippen molar-refractivity contribution in [2.24, 2.45) is 5.41 Å². The summed E-state index contributed by atoms with van der Waals surface area (Å²) >= 11 is 6.02. The Hall–Kier alpha value is -3.45. The van der Waals surface area contributed by atoms with Crippen LogP contribution in [0.25, 0.3) is 0 Å². The number of imidazole rings is 1. The summed E-state index contributed by atoms with van der Waals surface area (Å²) in [7, 11) is 0. The van der Waals surface area contributed by atoms with Gasteiger partial charge in [0.05, 0.1) is 16.5 Å². The molecule has 34 heavy (non-hydrogen) atoms. The smallest absolute Gasteiger partial charge is 0.314 e. The first-order valence-electron chi connectivity index (χ1n) is 11.1. The Kier molecular flexibility index (Phi) is 6.57. The van der Waals surface area contributed by atoms with Crippen LogP contribution in [0.2, 0.25) is 5.02 Å². The summed E-state index contributed by atoms with van der Waals surface area (Å²) in [4.78, 5) is 39.0. The summed E-state index contributed by atoms with van der Waals surface area (Å²) in [6.07, 6.45) is 4.20. The molecule has 1 aromatic heterocycles. The molecule has 7 nitrogen and oxygen atoms in total. The number of rotatable bonds is 7. The summed E-state index contributed by atoms with van der Waals surface area (Å²) in [5.41, 5.74) is 2.22. The molecule has 2 heterocycles. The van der Waals surface area contributed by atoms with Crippen molar-refractivity contribution in [2.45, 2.75) is 40.5 Å². The molecule has 4 rings (SSSR count). The molecular weight excluding hydrogens is 454 g/mol. The average Bonchev–Trinajstić information content (AvgIpc) is 3.29. The summed E-state index contributed by atoms with van der Waals surface area (Å²) in [5.74, 6) is -0.843. The highest BCUT2D eigenvalue weighted by molar-refractivity contribution is 6.30. The Morgan fingerprint density at radius 1 is 1.00 bits per heavy atom. The van der Waals surface area contributed by atoms with Gasteiger partial charge in [-0.1, -0.05) is 35.9 Å². The van der Waals surface area contributed by atoms with E-state index in [0.717, 1.165) is 11.3 Å². The van der Waals surface area contributed by atoms with E-state index in [0.29, 0.717) is 29.1 Å². The van der Waals surface area contributed by atoms with Crippen LogP contribution in [0.3, 0.4) is 0 Å². The lowest BCUT2D eigenvalue weighted by Crippen LogP contribution is -2.36. The molecule has 0 saturated heterocycles. The number of aromatic nitrogens is 2. The maximum Gasteiger partial charge on any atom is 0.314 e. The molecule has 0 N–H and O–H groups in total. The number of halogens is 1. The second-order valence-corrected chi connectivity index (χ2v) is 9.81. The molecule has 0 radical (unpaired) electrons. The van der Waals surface area contributed by atoms with E-state index < -0.39 is 5.41 Å². The minimum Gasteiger partial charge on any atom is -0.424 e. The molecule has 0 unspecified atom stereocenters. The summed E-state index contributed by atoms with van der Waals surface area (Å²) in [5, 5.41) is 0.659. The van der Waals surface area contributed by atoms with Crippen LogP contribution in [0.1, 0.15) is 52.7 Å². The second kappa shape index (κ2) is 9.43. The van der Waals surface area contributed by atoms with Crippen molar-refractivity contribution in [1.82, 2.24) is 9.47 Å². The van der Waals surface area contributed by atoms with Gasteiger partial charge in [-0.3, -0.25) is 19.3 Å². The predicted molar refractivity (Wildman–Crippen MR) is 126 cm³/mol. The Balaban J connectivity index is 1.53. The van der Waals surface area contributed by atoms with E-state index in [9.17, 15) is 14.4 Å². The standard InChI is InChI=1S/C26H27ClN3O4/c1-26(2,3)25(33)34-17-28-15-20(29(16-28)14-18-8-10-19(27)11-9-18)12-13-30-23(31)21-6-4-5-7-22(21)24(30)32/h4-11,15-16H,12-14,17H2,1-3H3/q+1. The van der Waals surface area contributed by atoms with Crippen molar-refractivity contribution >= 4 is 29.4 Å². The van der Waals surface area contributed by atoms with Gasteiger partial charge in [0.2, 0.25) is 13.1 Å². The van der Waals surface area contributed by atoms with Gasteiger partial charge in [0, 0.05) is 18.0 Å². The maximum atomic E-state index is 12.7. The predicted octanol–water partition coefficient (Wildman–Crippen LogP) is 3.86. The van der Waals surface area contributed by atoms with Gasteiger partial charge in [0.25, 0.3) is 11.8 Å². The fraction of sp³-hybridized carbons (Fsp3) is 0.308. The highest BCUT2D eigenvalue weighted by Gasteiger charge is 2.35. The zero-order chi connectivity index (χ0) is 24.5. The van der Waals surface area contributed by atoms with Crippen LogP contribution in [0.5, 0.6) is 0 Å². The molecule has 1 aliphatic rings. The minimum absolute atomic E-state index is 0.0732. The quantitative estimate of drug-likeness (QED) is 0.292. The summed E-state index contributed by atoms with van der Waals surface area (Å²) < 4.78 is 9.26. The van der Waals surface area contributed by atoms with E-state index in [4.69, 9.17) is 16.3 Å². The largest absolute Gasteiger partial charge is 0.424 e. The van der Waals surface area contributed by atoms with Crippen LogP contribution in [0, 0.1) is 5.41 Å². The van der Waals surface area contributed by atoms with Gasteiger partial charge in [-0.05, 0) is 50.6 Å². The molecule has 8 heteroatoms. The lowest BCUT2D eigenvalue weighted by molar-refractivity contribution is -0.727. The zero-order valence-electron chi connectivity index (χ0n) is 19.5. The highest BCUT2D eigenvalue weighted by atomic mass is 35.5. The molecular formula is C26H27ClN3O4+. The van der Waals surface area contributed by atoms with Crippen LogP contribution in [-0.2, 0) is 29.2 Å². The van der Waals surface area contributed by atoms with E-state index in [2.05, 4.69) is 0 Å². The lowest BCUT2D eigenvalue weighted by Gasteiger charge is -2.15. The third-order valence-corrected chi connectivity index (χ3v) is 5.92. The number of carbonyl (C=O) groups is 3. The summed E-state index contributed by atoms with van der Waals surface area (Å²) in [6.45, 7) is 6.30. The SMILES string of the molecule is CC(C)(C)C(=O)OC[n+]1cc(CCN2C(=O)c3ccccc3C2=O)n(Cc2ccc(Cl)cc2)c1. The van der Waals surface area contributed by atoms with Crippen LogP contribution < -0.4 is 4.57 Å². The molecule has 1 aliphatic heterocycles. The van der Waals surface area contributed by atoms with E-state index in [1.807, 2.05) is 41.4 Å². The van der Waals surface area contributed by atoms with Gasteiger partial charge in [-0.25, -0.2) is 9.13 Å². The number of nitrogens with zero attached hydrogens (tertiary/aromatic N) is 3. The number of fused-ring (bicyclic) bond motifs is 1. The minimum atomic E-state index is -0.596. The normalized spacial score (nSPS) is 13.4. The number of hydrogen-bond donors (Lipinski definition) is 0. The van der Waals surface area contributed by atoms with Crippen LogP contribution in [-0.4, -0.2) is 33.8 Å². The van der Waals surface area contributed by atoms with Crippen LogP contribution in [0.15, 0.2) is 61.1 Å². The molecule has 0 spiro atoms. The van der Waals surface area contributed by atoms with E-state index in [-0.39, 0.29) is 31.1 Å². The Morgan fingerprint density at radius 2 is 1.62 bits per heavy atom. The van der Waals surface area contributed by atoms with E-state index in [1.165, 1.54) is 4.90 Å². The monoisotopic (exact) mass is 480 g/mol. The number of hydrogen-bond acceptors (Lipinski definition) is 4. The number of ether oxygens (including phenoxy) is 1. The van der Waals surface area contributed by atoms with Crippen molar-refractivity contribution < 1.29 is 23.7 Å². The van der Waals surface area contributed by atoms with Crippen molar-refractivity contribution in [1.29, 1.82) is 0 Å². The fourth-order valence-electron chi connectivity index (χ4n) is 3.78. The number of amides is 2. The first-order chi connectivity index (χ1) is 16.1. The second-order valence-electron chi connectivity index (χ2n) is 9.37. The summed E-state index contributed by atoms with van der Waals surface area (Å²) in [6, 6.07) is 14.4. The third-order valence-electron chi connectivity index (χ3n) is 5.66. The first-order valence-corrected chi connectivity index (χ1v) is 11.5. The number of esters is 1.